The lowest BCUT2D eigenvalue weighted by Crippen LogP contribution is -2.50. The molecule has 0 amide bonds. The summed E-state index contributed by atoms with van der Waals surface area (Å²) in [5.41, 5.74) is 3.26. The Labute approximate surface area is 187 Å². The van der Waals surface area contributed by atoms with Gasteiger partial charge in [0.25, 0.3) is 0 Å². The van der Waals surface area contributed by atoms with E-state index in [1.54, 1.807) is 0 Å². The lowest BCUT2D eigenvalue weighted by molar-refractivity contribution is 0.00281. The first-order valence-corrected chi connectivity index (χ1v) is 13.4. The lowest BCUT2D eigenvalue weighted by Gasteiger charge is -2.34. The highest BCUT2D eigenvalue weighted by atomic mass is 28.4. The van der Waals surface area contributed by atoms with Crippen molar-refractivity contribution < 1.29 is 13.3 Å². The molecule has 31 heavy (non-hydrogen) atoms. The van der Waals surface area contributed by atoms with Crippen molar-refractivity contribution in [2.24, 2.45) is 0 Å². The van der Waals surface area contributed by atoms with Crippen molar-refractivity contribution in [3.63, 3.8) is 0 Å². The number of aromatic nitrogens is 2. The maximum Gasteiger partial charge on any atom is 0.501 e. The van der Waals surface area contributed by atoms with Crippen molar-refractivity contribution >= 4 is 30.6 Å². The number of aryl methyl sites for hydroxylation is 1. The van der Waals surface area contributed by atoms with Crippen LogP contribution in [0.1, 0.15) is 59.9 Å². The van der Waals surface area contributed by atoms with Gasteiger partial charge in [0.2, 0.25) is 0 Å². The SMILES string of the molecule is CC(C)O[Si](CCCCc1ccnc2c1ccc1cccnc12)(OC(C)C)OC(C)C. The Kier molecular flexibility index (Phi) is 8.16. The minimum atomic E-state index is -2.74. The molecule has 2 aromatic heterocycles. The molecular formula is C25H36N2O3Si. The summed E-state index contributed by atoms with van der Waals surface area (Å²) < 4.78 is 18.9. The van der Waals surface area contributed by atoms with E-state index >= 15 is 0 Å². The second kappa shape index (κ2) is 10.6. The van der Waals surface area contributed by atoms with Crippen molar-refractivity contribution in [3.05, 3.63) is 48.3 Å². The Morgan fingerprint density at radius 1 is 0.742 bits per heavy atom. The van der Waals surface area contributed by atoms with Crippen LogP contribution in [0.15, 0.2) is 42.7 Å². The summed E-state index contributed by atoms with van der Waals surface area (Å²) in [5.74, 6) is 0. The first-order chi connectivity index (χ1) is 14.8. The van der Waals surface area contributed by atoms with E-state index in [0.717, 1.165) is 41.7 Å². The lowest BCUT2D eigenvalue weighted by atomic mass is 10.0. The fourth-order valence-corrected chi connectivity index (χ4v) is 7.38. The monoisotopic (exact) mass is 440 g/mol. The first-order valence-electron chi connectivity index (χ1n) is 11.4. The second-order valence-electron chi connectivity index (χ2n) is 8.90. The number of fused-ring (bicyclic) bond motifs is 3. The van der Waals surface area contributed by atoms with Crippen molar-refractivity contribution in [2.75, 3.05) is 0 Å². The fourth-order valence-electron chi connectivity index (χ4n) is 4.02. The molecule has 0 bridgehead atoms. The van der Waals surface area contributed by atoms with Crippen LogP contribution in [0, 0.1) is 0 Å². The predicted octanol–water partition coefficient (Wildman–Crippen LogP) is 6.32. The highest BCUT2D eigenvalue weighted by Crippen LogP contribution is 2.28. The van der Waals surface area contributed by atoms with Crippen LogP contribution in [-0.4, -0.2) is 37.1 Å². The molecule has 3 rings (SSSR count). The van der Waals surface area contributed by atoms with Crippen molar-refractivity contribution in [2.45, 2.75) is 85.2 Å². The van der Waals surface area contributed by atoms with Crippen LogP contribution in [0.4, 0.5) is 0 Å². The van der Waals surface area contributed by atoms with Crippen molar-refractivity contribution in [1.29, 1.82) is 0 Å². The Morgan fingerprint density at radius 2 is 1.39 bits per heavy atom. The molecule has 5 nitrogen and oxygen atoms in total. The summed E-state index contributed by atoms with van der Waals surface area (Å²) in [6, 6.07) is 11.3. The molecule has 6 heteroatoms. The van der Waals surface area contributed by atoms with Gasteiger partial charge in [-0.25, -0.2) is 0 Å². The number of hydrogen-bond acceptors (Lipinski definition) is 5. The van der Waals surface area contributed by atoms with Crippen LogP contribution in [0.2, 0.25) is 6.04 Å². The van der Waals surface area contributed by atoms with Crippen LogP contribution in [0.3, 0.4) is 0 Å². The van der Waals surface area contributed by atoms with Gasteiger partial charge in [0.15, 0.2) is 0 Å². The van der Waals surface area contributed by atoms with Gasteiger partial charge in [0.05, 0.1) is 11.0 Å². The van der Waals surface area contributed by atoms with Gasteiger partial charge in [0, 0.05) is 47.5 Å². The largest absolute Gasteiger partial charge is 0.501 e. The van der Waals surface area contributed by atoms with Crippen LogP contribution >= 0.6 is 0 Å². The molecular weight excluding hydrogens is 404 g/mol. The molecule has 0 spiro atoms. The molecule has 0 atom stereocenters. The summed E-state index contributed by atoms with van der Waals surface area (Å²) in [6.07, 6.45) is 6.98. The highest BCUT2D eigenvalue weighted by molar-refractivity contribution is 6.60. The van der Waals surface area contributed by atoms with Gasteiger partial charge in [-0.2, -0.15) is 0 Å². The van der Waals surface area contributed by atoms with Gasteiger partial charge in [-0.1, -0.05) is 18.2 Å². The minimum Gasteiger partial charge on any atom is -0.371 e. The second-order valence-corrected chi connectivity index (χ2v) is 11.5. The zero-order valence-electron chi connectivity index (χ0n) is 19.7. The maximum atomic E-state index is 6.31. The van der Waals surface area contributed by atoms with E-state index in [1.165, 1.54) is 10.9 Å². The Bertz CT molecular complexity index is 964. The Hall–Kier alpha value is -1.86. The molecule has 0 fully saturated rings. The third-order valence-corrected chi connectivity index (χ3v) is 8.46. The number of benzene rings is 1. The zero-order chi connectivity index (χ0) is 22.4. The highest BCUT2D eigenvalue weighted by Gasteiger charge is 2.43. The Morgan fingerprint density at radius 3 is 2.03 bits per heavy atom. The summed E-state index contributed by atoms with van der Waals surface area (Å²) in [6.45, 7) is 12.3. The van der Waals surface area contributed by atoms with E-state index in [0.29, 0.717) is 0 Å². The van der Waals surface area contributed by atoms with Gasteiger partial charge in [-0.05, 0) is 78.5 Å². The average Bonchev–Trinajstić information content (AvgIpc) is 2.69. The molecule has 168 valence electrons. The number of hydrogen-bond donors (Lipinski definition) is 0. The molecule has 0 unspecified atom stereocenters. The number of unbranched alkanes of at least 4 members (excludes halogenated alkanes) is 1. The standard InChI is InChI=1S/C25H36N2O3Si/c1-18(2)28-31(29-19(3)4,30-20(5)6)17-8-7-10-21-14-16-27-25-23(21)13-12-22-11-9-15-26-24(22)25/h9,11-16,18-20H,7-8,10,17H2,1-6H3. The molecule has 0 aliphatic heterocycles. The van der Waals surface area contributed by atoms with E-state index in [1.807, 2.05) is 18.5 Å². The van der Waals surface area contributed by atoms with Crippen LogP contribution in [0.25, 0.3) is 21.8 Å². The maximum absolute atomic E-state index is 6.31. The van der Waals surface area contributed by atoms with Crippen LogP contribution in [0.5, 0.6) is 0 Å². The molecule has 2 heterocycles. The van der Waals surface area contributed by atoms with Gasteiger partial charge in [-0.3, -0.25) is 9.97 Å². The third kappa shape index (κ3) is 6.32. The summed E-state index contributed by atoms with van der Waals surface area (Å²) >= 11 is 0. The summed E-state index contributed by atoms with van der Waals surface area (Å²) in [7, 11) is -2.74. The molecule has 0 N–H and O–H groups in total. The molecule has 0 radical (unpaired) electrons. The van der Waals surface area contributed by atoms with E-state index in [9.17, 15) is 0 Å². The number of pyridine rings is 2. The predicted molar refractivity (Wildman–Crippen MR) is 129 cm³/mol. The average molecular weight is 441 g/mol. The molecule has 0 aliphatic carbocycles. The fraction of sp³-hybridized carbons (Fsp3) is 0.520. The van der Waals surface area contributed by atoms with Crippen molar-refractivity contribution in [1.82, 2.24) is 9.97 Å². The first kappa shape index (κ1) is 23.8. The van der Waals surface area contributed by atoms with Crippen LogP contribution < -0.4 is 0 Å². The quantitative estimate of drug-likeness (QED) is 0.198. The summed E-state index contributed by atoms with van der Waals surface area (Å²) in [5, 5.41) is 2.31. The van der Waals surface area contributed by atoms with Crippen LogP contribution in [-0.2, 0) is 19.7 Å². The van der Waals surface area contributed by atoms with E-state index in [2.05, 4.69) is 75.8 Å². The van der Waals surface area contributed by atoms with Gasteiger partial charge in [-0.15, -0.1) is 0 Å². The smallest absolute Gasteiger partial charge is 0.371 e. The topological polar surface area (TPSA) is 53.5 Å². The van der Waals surface area contributed by atoms with Gasteiger partial charge in [0.1, 0.15) is 0 Å². The molecule has 0 saturated carbocycles. The zero-order valence-corrected chi connectivity index (χ0v) is 20.7. The Balaban J connectivity index is 1.73. The van der Waals surface area contributed by atoms with E-state index in [4.69, 9.17) is 13.3 Å². The molecule has 0 aliphatic rings. The number of rotatable bonds is 11. The summed E-state index contributed by atoms with van der Waals surface area (Å²) in [4.78, 5) is 9.18. The molecule has 3 aromatic rings. The molecule has 0 saturated heterocycles. The third-order valence-electron chi connectivity index (χ3n) is 5.00. The number of nitrogens with zero attached hydrogens (tertiary/aromatic N) is 2. The van der Waals surface area contributed by atoms with Crippen molar-refractivity contribution in [3.8, 4) is 0 Å². The normalized spacial score (nSPS) is 12.7. The van der Waals surface area contributed by atoms with Gasteiger partial charge < -0.3 is 13.3 Å². The van der Waals surface area contributed by atoms with Gasteiger partial charge >= 0.3 is 8.80 Å². The molecule has 1 aromatic carbocycles. The van der Waals surface area contributed by atoms with E-state index < -0.39 is 8.80 Å². The minimum absolute atomic E-state index is 0.0779. The van der Waals surface area contributed by atoms with E-state index in [-0.39, 0.29) is 18.3 Å².